The molecule has 3 heterocycles. The second-order valence-corrected chi connectivity index (χ2v) is 11.5. The number of ether oxygens (including phenoxy) is 3. The first kappa shape index (κ1) is 30.7. The Morgan fingerprint density at radius 3 is 2.59 bits per heavy atom. The summed E-state index contributed by atoms with van der Waals surface area (Å²) in [7, 11) is 7.65. The molecule has 226 valence electrons. The number of methoxy groups -OCH3 is 1. The van der Waals surface area contributed by atoms with Crippen LogP contribution in [0.1, 0.15) is 49.8 Å². The van der Waals surface area contributed by atoms with Gasteiger partial charge in [0.15, 0.2) is 11.5 Å². The van der Waals surface area contributed by atoms with E-state index in [0.717, 1.165) is 50.0 Å². The second kappa shape index (κ2) is 14.1. The molecular formula is C31H46N4O6. The number of unbranched alkanes of at least 4 members (excludes halogenated alkanes) is 1. The molecule has 41 heavy (non-hydrogen) atoms. The highest BCUT2D eigenvalue weighted by atomic mass is 16.7. The molecule has 10 heteroatoms. The first-order valence-corrected chi connectivity index (χ1v) is 14.7. The molecule has 1 aromatic carbocycles. The summed E-state index contributed by atoms with van der Waals surface area (Å²) in [6.45, 7) is 5.22. The molecular weight excluding hydrogens is 524 g/mol. The summed E-state index contributed by atoms with van der Waals surface area (Å²) in [4.78, 5) is 32.9. The number of aryl methyl sites for hydroxylation is 2. The third kappa shape index (κ3) is 7.35. The molecule has 2 aliphatic heterocycles. The molecule has 2 aromatic rings. The van der Waals surface area contributed by atoms with Crippen molar-refractivity contribution in [3.63, 3.8) is 0 Å². The van der Waals surface area contributed by atoms with Gasteiger partial charge in [-0.05, 0) is 76.2 Å². The number of carboxylic acid groups (broad SMARTS) is 1. The molecule has 0 aliphatic carbocycles. The lowest BCUT2D eigenvalue weighted by Gasteiger charge is -2.30. The van der Waals surface area contributed by atoms with Crippen molar-refractivity contribution in [3.8, 4) is 17.2 Å². The third-order valence-corrected chi connectivity index (χ3v) is 8.40. The minimum atomic E-state index is -0.854. The highest BCUT2D eigenvalue weighted by Gasteiger charge is 2.47. The molecule has 10 nitrogen and oxygen atoms in total. The predicted molar refractivity (Wildman–Crippen MR) is 157 cm³/mol. The standard InChI is InChI=1S/C31H46N4O6/c1-6-7-15-34(16-9-13-32(2)3)28(36)20-35-19-24(22-17-26(39-5)30-27(18-22)40-21-41-30)29(31(37)38)25(35)12-11-23-10-8-14-33(23)4/h8,10,14,17-18,24-25,29H,6-7,9,11-13,15-16,19-21H2,1-5H3,(H,37,38). The van der Waals surface area contributed by atoms with Gasteiger partial charge in [-0.15, -0.1) is 0 Å². The van der Waals surface area contributed by atoms with Crippen molar-refractivity contribution in [2.75, 3.05) is 60.7 Å². The van der Waals surface area contributed by atoms with E-state index in [9.17, 15) is 14.7 Å². The number of carboxylic acids is 1. The van der Waals surface area contributed by atoms with Crippen molar-refractivity contribution in [2.45, 2.75) is 51.0 Å². The Morgan fingerprint density at radius 1 is 1.15 bits per heavy atom. The summed E-state index contributed by atoms with van der Waals surface area (Å²) in [5.74, 6) is -0.185. The first-order valence-electron chi connectivity index (χ1n) is 14.7. The van der Waals surface area contributed by atoms with Gasteiger partial charge in [0.05, 0.1) is 19.6 Å². The molecule has 1 aromatic heterocycles. The maximum absolute atomic E-state index is 13.7. The number of likely N-dealkylation sites (tertiary alicyclic amines) is 1. The van der Waals surface area contributed by atoms with Gasteiger partial charge in [0.2, 0.25) is 18.4 Å². The molecule has 1 saturated heterocycles. The number of aliphatic carboxylic acids is 1. The van der Waals surface area contributed by atoms with Crippen LogP contribution in [0.3, 0.4) is 0 Å². The van der Waals surface area contributed by atoms with E-state index >= 15 is 0 Å². The molecule has 1 fully saturated rings. The molecule has 0 radical (unpaired) electrons. The summed E-state index contributed by atoms with van der Waals surface area (Å²) in [5.41, 5.74) is 1.97. The average molecular weight is 571 g/mol. The van der Waals surface area contributed by atoms with E-state index in [1.54, 1.807) is 7.11 Å². The van der Waals surface area contributed by atoms with Crippen molar-refractivity contribution >= 4 is 11.9 Å². The smallest absolute Gasteiger partial charge is 0.308 e. The van der Waals surface area contributed by atoms with Crippen LogP contribution in [0, 0.1) is 5.92 Å². The monoisotopic (exact) mass is 570 g/mol. The number of carbonyl (C=O) groups is 2. The van der Waals surface area contributed by atoms with E-state index in [4.69, 9.17) is 14.2 Å². The minimum absolute atomic E-state index is 0.0640. The van der Waals surface area contributed by atoms with Crippen molar-refractivity contribution in [3.05, 3.63) is 41.7 Å². The zero-order valence-corrected chi connectivity index (χ0v) is 25.2. The van der Waals surface area contributed by atoms with E-state index in [0.29, 0.717) is 36.8 Å². The number of aromatic nitrogens is 1. The number of amides is 1. The van der Waals surface area contributed by atoms with Gasteiger partial charge in [0.25, 0.3) is 0 Å². The van der Waals surface area contributed by atoms with Crippen LogP contribution in [-0.2, 0) is 23.1 Å². The molecule has 4 rings (SSSR count). The van der Waals surface area contributed by atoms with Gasteiger partial charge in [-0.3, -0.25) is 14.5 Å². The van der Waals surface area contributed by atoms with Crippen LogP contribution in [0.4, 0.5) is 0 Å². The predicted octanol–water partition coefficient (Wildman–Crippen LogP) is 3.44. The van der Waals surface area contributed by atoms with E-state index in [-0.39, 0.29) is 31.2 Å². The van der Waals surface area contributed by atoms with Crippen molar-refractivity contribution in [1.82, 2.24) is 19.3 Å². The number of fused-ring (bicyclic) bond motifs is 1. The summed E-state index contributed by atoms with van der Waals surface area (Å²) < 4.78 is 18.9. The Balaban J connectivity index is 1.62. The molecule has 1 N–H and O–H groups in total. The number of hydrogen-bond acceptors (Lipinski definition) is 7. The molecule has 0 bridgehead atoms. The van der Waals surface area contributed by atoms with E-state index in [1.165, 1.54) is 0 Å². The number of hydrogen-bond donors (Lipinski definition) is 1. The van der Waals surface area contributed by atoms with Crippen molar-refractivity contribution in [1.29, 1.82) is 0 Å². The van der Waals surface area contributed by atoms with Crippen LogP contribution in [0.2, 0.25) is 0 Å². The normalized spacial score (nSPS) is 20.1. The van der Waals surface area contributed by atoms with E-state index in [1.807, 2.05) is 50.4 Å². The lowest BCUT2D eigenvalue weighted by Crippen LogP contribution is -2.45. The van der Waals surface area contributed by atoms with Crippen LogP contribution in [0.5, 0.6) is 17.2 Å². The zero-order valence-electron chi connectivity index (χ0n) is 25.2. The first-order chi connectivity index (χ1) is 19.7. The molecule has 3 unspecified atom stereocenters. The summed E-state index contributed by atoms with van der Waals surface area (Å²) in [6, 6.07) is 7.50. The minimum Gasteiger partial charge on any atom is -0.493 e. The number of nitrogens with zero attached hydrogens (tertiary/aromatic N) is 4. The van der Waals surface area contributed by atoms with Crippen LogP contribution in [0.15, 0.2) is 30.5 Å². The molecule has 1 amide bonds. The topological polar surface area (TPSA) is 96.7 Å². The highest BCUT2D eigenvalue weighted by Crippen LogP contribution is 2.47. The average Bonchev–Trinajstić information content (AvgIpc) is 3.67. The van der Waals surface area contributed by atoms with Gasteiger partial charge < -0.3 is 33.7 Å². The number of rotatable bonds is 15. The summed E-state index contributed by atoms with van der Waals surface area (Å²) in [6.07, 6.45) is 6.22. The van der Waals surface area contributed by atoms with Gasteiger partial charge in [0.1, 0.15) is 0 Å². The lowest BCUT2D eigenvalue weighted by atomic mass is 9.83. The molecule has 2 aliphatic rings. The Bertz CT molecular complexity index is 1180. The Morgan fingerprint density at radius 2 is 1.93 bits per heavy atom. The largest absolute Gasteiger partial charge is 0.493 e. The highest BCUT2D eigenvalue weighted by molar-refractivity contribution is 5.79. The fourth-order valence-corrected chi connectivity index (χ4v) is 6.17. The van der Waals surface area contributed by atoms with Crippen LogP contribution in [0.25, 0.3) is 0 Å². The SMILES string of the molecule is CCCCN(CCCN(C)C)C(=O)CN1CC(c2cc(OC)c3c(c2)OCO3)C(C(=O)O)C1CCc1cccn1C. The molecule has 0 saturated carbocycles. The van der Waals surface area contributed by atoms with Gasteiger partial charge >= 0.3 is 5.97 Å². The molecule has 0 spiro atoms. The third-order valence-electron chi connectivity index (χ3n) is 8.40. The van der Waals surface area contributed by atoms with Crippen LogP contribution >= 0.6 is 0 Å². The van der Waals surface area contributed by atoms with Crippen LogP contribution < -0.4 is 14.2 Å². The Hall–Kier alpha value is -3.24. The fraction of sp³-hybridized carbons (Fsp3) is 0.613. The van der Waals surface area contributed by atoms with Crippen molar-refractivity contribution < 1.29 is 28.9 Å². The lowest BCUT2D eigenvalue weighted by molar-refractivity contribution is -0.143. The second-order valence-electron chi connectivity index (χ2n) is 11.5. The number of carbonyl (C=O) groups excluding carboxylic acids is 1. The maximum atomic E-state index is 13.7. The fourth-order valence-electron chi connectivity index (χ4n) is 6.17. The Kier molecular flexibility index (Phi) is 10.6. The van der Waals surface area contributed by atoms with E-state index in [2.05, 4.69) is 27.4 Å². The molecule has 3 atom stereocenters. The zero-order chi connectivity index (χ0) is 29.5. The van der Waals surface area contributed by atoms with E-state index < -0.39 is 11.9 Å². The van der Waals surface area contributed by atoms with Gasteiger partial charge in [-0.25, -0.2) is 0 Å². The summed E-state index contributed by atoms with van der Waals surface area (Å²) >= 11 is 0. The Labute approximate surface area is 243 Å². The van der Waals surface area contributed by atoms with Gasteiger partial charge in [-0.2, -0.15) is 0 Å². The quantitative estimate of drug-likeness (QED) is 0.348. The van der Waals surface area contributed by atoms with Gasteiger partial charge in [-0.1, -0.05) is 13.3 Å². The van der Waals surface area contributed by atoms with Gasteiger partial charge in [0, 0.05) is 50.5 Å². The number of benzene rings is 1. The van der Waals surface area contributed by atoms with Crippen LogP contribution in [-0.4, -0.2) is 103 Å². The summed E-state index contributed by atoms with van der Waals surface area (Å²) in [5, 5.41) is 10.6. The maximum Gasteiger partial charge on any atom is 0.308 e. The van der Waals surface area contributed by atoms with Crippen molar-refractivity contribution in [2.24, 2.45) is 13.0 Å².